The van der Waals surface area contributed by atoms with Gasteiger partial charge in [-0.05, 0) is 24.8 Å². The number of rotatable bonds is 1. The van der Waals surface area contributed by atoms with Crippen molar-refractivity contribution in [3.8, 4) is 0 Å². The molecular weight excluding hydrogens is 288 g/mol. The Kier molecular flexibility index (Phi) is 3.39. The van der Waals surface area contributed by atoms with Crippen LogP contribution in [-0.4, -0.2) is 37.1 Å². The summed E-state index contributed by atoms with van der Waals surface area (Å²) in [4.78, 5) is 15.2. The molecule has 1 atom stereocenters. The SMILES string of the molecule is CC1(C)C(=O)Nc2c(ccc3ccccc23)C1N1CCOCC1. The van der Waals surface area contributed by atoms with E-state index in [0.717, 1.165) is 42.8 Å². The molecule has 120 valence electrons. The Morgan fingerprint density at radius 3 is 2.65 bits per heavy atom. The van der Waals surface area contributed by atoms with Crippen molar-refractivity contribution < 1.29 is 9.53 Å². The molecule has 4 heteroatoms. The lowest BCUT2D eigenvalue weighted by Crippen LogP contribution is -2.51. The summed E-state index contributed by atoms with van der Waals surface area (Å²) in [6, 6.07) is 12.7. The minimum absolute atomic E-state index is 0.0831. The van der Waals surface area contributed by atoms with E-state index in [1.54, 1.807) is 0 Å². The Morgan fingerprint density at radius 1 is 1.13 bits per heavy atom. The van der Waals surface area contributed by atoms with Crippen molar-refractivity contribution in [2.24, 2.45) is 5.41 Å². The van der Waals surface area contributed by atoms with E-state index in [0.29, 0.717) is 0 Å². The van der Waals surface area contributed by atoms with E-state index >= 15 is 0 Å². The molecule has 2 heterocycles. The number of hydrogen-bond donors (Lipinski definition) is 1. The van der Waals surface area contributed by atoms with Gasteiger partial charge in [0.25, 0.3) is 0 Å². The van der Waals surface area contributed by atoms with Gasteiger partial charge in [0.05, 0.1) is 30.4 Å². The summed E-state index contributed by atoms with van der Waals surface area (Å²) >= 11 is 0. The third-order valence-corrected chi connectivity index (χ3v) is 5.17. The van der Waals surface area contributed by atoms with Gasteiger partial charge in [0.1, 0.15) is 0 Å². The van der Waals surface area contributed by atoms with Crippen molar-refractivity contribution in [2.75, 3.05) is 31.6 Å². The number of benzene rings is 2. The van der Waals surface area contributed by atoms with Gasteiger partial charge in [-0.3, -0.25) is 9.69 Å². The van der Waals surface area contributed by atoms with Crippen LogP contribution in [0, 0.1) is 5.41 Å². The van der Waals surface area contributed by atoms with E-state index in [-0.39, 0.29) is 11.9 Å². The molecule has 0 aliphatic carbocycles. The van der Waals surface area contributed by atoms with E-state index in [9.17, 15) is 4.79 Å². The average Bonchev–Trinajstić information content (AvgIpc) is 2.57. The molecule has 4 nitrogen and oxygen atoms in total. The molecule has 2 aromatic rings. The monoisotopic (exact) mass is 310 g/mol. The second-order valence-electron chi connectivity index (χ2n) is 6.98. The van der Waals surface area contributed by atoms with Crippen molar-refractivity contribution in [1.29, 1.82) is 0 Å². The minimum Gasteiger partial charge on any atom is -0.379 e. The first kappa shape index (κ1) is 14.7. The smallest absolute Gasteiger partial charge is 0.231 e. The average molecular weight is 310 g/mol. The molecule has 2 aliphatic rings. The first-order chi connectivity index (χ1) is 11.1. The van der Waals surface area contributed by atoms with Crippen LogP contribution in [0.5, 0.6) is 0 Å². The Labute approximate surface area is 136 Å². The van der Waals surface area contributed by atoms with Gasteiger partial charge in [-0.1, -0.05) is 36.4 Å². The van der Waals surface area contributed by atoms with Crippen LogP contribution >= 0.6 is 0 Å². The number of carbonyl (C=O) groups is 1. The van der Waals surface area contributed by atoms with Gasteiger partial charge in [-0.25, -0.2) is 0 Å². The van der Waals surface area contributed by atoms with Gasteiger partial charge in [0.15, 0.2) is 0 Å². The van der Waals surface area contributed by atoms with Crippen LogP contribution in [0.4, 0.5) is 5.69 Å². The number of nitrogens with one attached hydrogen (secondary N) is 1. The van der Waals surface area contributed by atoms with E-state index in [2.05, 4.69) is 34.5 Å². The van der Waals surface area contributed by atoms with Crippen LogP contribution in [0.15, 0.2) is 36.4 Å². The standard InChI is InChI=1S/C19H22N2O2/c1-19(2)17(21-9-11-23-12-10-21)15-8-7-13-5-3-4-6-14(13)16(15)20-18(19)22/h3-8,17H,9-12H2,1-2H3,(H,20,22). The highest BCUT2D eigenvalue weighted by Gasteiger charge is 2.46. The molecular formula is C19H22N2O2. The molecule has 1 fully saturated rings. The van der Waals surface area contributed by atoms with Gasteiger partial charge in [-0.2, -0.15) is 0 Å². The van der Waals surface area contributed by atoms with Crippen LogP contribution < -0.4 is 5.32 Å². The first-order valence-electron chi connectivity index (χ1n) is 8.24. The van der Waals surface area contributed by atoms with E-state index in [1.807, 2.05) is 26.0 Å². The van der Waals surface area contributed by atoms with Crippen LogP contribution in [0.2, 0.25) is 0 Å². The highest BCUT2D eigenvalue weighted by molar-refractivity contribution is 6.07. The summed E-state index contributed by atoms with van der Waals surface area (Å²) in [7, 11) is 0. The molecule has 1 unspecified atom stereocenters. The number of morpholine rings is 1. The largest absolute Gasteiger partial charge is 0.379 e. The fourth-order valence-corrected chi connectivity index (χ4v) is 3.93. The number of ether oxygens (including phenoxy) is 1. The Hall–Kier alpha value is -1.91. The molecule has 4 rings (SSSR count). The second-order valence-corrected chi connectivity index (χ2v) is 6.98. The van der Waals surface area contributed by atoms with E-state index in [4.69, 9.17) is 4.74 Å². The van der Waals surface area contributed by atoms with Crippen LogP contribution in [-0.2, 0) is 9.53 Å². The zero-order valence-corrected chi connectivity index (χ0v) is 13.6. The van der Waals surface area contributed by atoms with Gasteiger partial charge in [0.2, 0.25) is 5.91 Å². The van der Waals surface area contributed by atoms with Gasteiger partial charge >= 0.3 is 0 Å². The predicted molar refractivity (Wildman–Crippen MR) is 91.5 cm³/mol. The molecule has 1 saturated heterocycles. The molecule has 23 heavy (non-hydrogen) atoms. The molecule has 2 aliphatic heterocycles. The Morgan fingerprint density at radius 2 is 1.87 bits per heavy atom. The minimum atomic E-state index is -0.465. The number of fused-ring (bicyclic) bond motifs is 3. The first-order valence-corrected chi connectivity index (χ1v) is 8.24. The molecule has 0 bridgehead atoms. The van der Waals surface area contributed by atoms with Crippen molar-refractivity contribution in [2.45, 2.75) is 19.9 Å². The summed E-state index contributed by atoms with van der Waals surface area (Å²) in [5, 5.41) is 5.44. The lowest BCUT2D eigenvalue weighted by Gasteiger charge is -2.46. The molecule has 0 radical (unpaired) electrons. The number of hydrogen-bond acceptors (Lipinski definition) is 3. The fraction of sp³-hybridized carbons (Fsp3) is 0.421. The zero-order valence-electron chi connectivity index (χ0n) is 13.6. The second kappa shape index (κ2) is 5.32. The molecule has 0 spiro atoms. The molecule has 1 amide bonds. The van der Waals surface area contributed by atoms with Gasteiger partial charge in [0, 0.05) is 18.5 Å². The number of anilines is 1. The third-order valence-electron chi connectivity index (χ3n) is 5.17. The summed E-state index contributed by atoms with van der Waals surface area (Å²) in [6.45, 7) is 7.29. The number of carbonyl (C=O) groups excluding carboxylic acids is 1. The van der Waals surface area contributed by atoms with Crippen molar-refractivity contribution in [1.82, 2.24) is 4.90 Å². The number of nitrogens with zero attached hydrogens (tertiary/aromatic N) is 1. The summed E-state index contributed by atoms with van der Waals surface area (Å²) in [5.41, 5.74) is 1.73. The Bertz CT molecular complexity index is 763. The fourth-order valence-electron chi connectivity index (χ4n) is 3.93. The topological polar surface area (TPSA) is 41.6 Å². The molecule has 1 N–H and O–H groups in total. The normalized spacial score (nSPS) is 24.3. The summed E-state index contributed by atoms with van der Waals surface area (Å²) in [5.74, 6) is 0.0952. The van der Waals surface area contributed by atoms with Gasteiger partial charge < -0.3 is 10.1 Å². The molecule has 2 aromatic carbocycles. The predicted octanol–water partition coefficient (Wildman–Crippen LogP) is 3.19. The van der Waals surface area contributed by atoms with E-state index in [1.165, 1.54) is 5.56 Å². The van der Waals surface area contributed by atoms with Crippen molar-refractivity contribution >= 4 is 22.4 Å². The van der Waals surface area contributed by atoms with E-state index < -0.39 is 5.41 Å². The van der Waals surface area contributed by atoms with Crippen LogP contribution in [0.3, 0.4) is 0 Å². The molecule has 0 aromatic heterocycles. The maximum atomic E-state index is 12.8. The maximum Gasteiger partial charge on any atom is 0.231 e. The summed E-state index contributed by atoms with van der Waals surface area (Å²) in [6.07, 6.45) is 0. The maximum absolute atomic E-state index is 12.8. The zero-order chi connectivity index (χ0) is 16.0. The van der Waals surface area contributed by atoms with Crippen LogP contribution in [0.25, 0.3) is 10.8 Å². The third kappa shape index (κ3) is 2.25. The molecule has 0 saturated carbocycles. The highest BCUT2D eigenvalue weighted by atomic mass is 16.5. The quantitative estimate of drug-likeness (QED) is 0.879. The summed E-state index contributed by atoms with van der Waals surface area (Å²) < 4.78 is 5.50. The highest BCUT2D eigenvalue weighted by Crippen LogP contribution is 2.48. The van der Waals surface area contributed by atoms with Crippen molar-refractivity contribution in [3.63, 3.8) is 0 Å². The number of amides is 1. The van der Waals surface area contributed by atoms with Gasteiger partial charge in [-0.15, -0.1) is 0 Å². The lowest BCUT2D eigenvalue weighted by atomic mass is 9.74. The van der Waals surface area contributed by atoms with Crippen LogP contribution in [0.1, 0.15) is 25.5 Å². The Balaban J connectivity index is 1.91. The van der Waals surface area contributed by atoms with Crippen molar-refractivity contribution in [3.05, 3.63) is 42.0 Å². The lowest BCUT2D eigenvalue weighted by molar-refractivity contribution is -0.130.